The van der Waals surface area contributed by atoms with Gasteiger partial charge < -0.3 is 9.47 Å². The predicted molar refractivity (Wildman–Crippen MR) is 146 cm³/mol. The van der Waals surface area contributed by atoms with E-state index in [2.05, 4.69) is 35.1 Å². The number of aromatic nitrogens is 2. The summed E-state index contributed by atoms with van der Waals surface area (Å²) in [4.78, 5) is 9.01. The molecule has 0 aliphatic heterocycles. The van der Waals surface area contributed by atoms with Gasteiger partial charge in [0.15, 0.2) is 0 Å². The zero-order chi connectivity index (χ0) is 24.8. The van der Waals surface area contributed by atoms with Crippen molar-refractivity contribution in [1.82, 2.24) is 9.97 Å². The summed E-state index contributed by atoms with van der Waals surface area (Å²) < 4.78 is 12.0. The molecule has 1 heterocycles. The maximum Gasteiger partial charge on any atom is 0.238 e. The van der Waals surface area contributed by atoms with Gasteiger partial charge in [-0.2, -0.15) is 0 Å². The molecule has 0 N–H and O–H groups in total. The molecule has 0 bridgehead atoms. The molecule has 3 aromatic carbocycles. The Hall–Kier alpha value is -3.66. The molecule has 1 aromatic heterocycles. The molecule has 4 nitrogen and oxygen atoms in total. The average molecular weight is 481 g/mol. The molecule has 0 unspecified atom stereocenters. The highest BCUT2D eigenvalue weighted by molar-refractivity contribution is 5.35. The van der Waals surface area contributed by atoms with E-state index >= 15 is 0 Å². The van der Waals surface area contributed by atoms with Crippen LogP contribution in [0.25, 0.3) is 0 Å². The topological polar surface area (TPSA) is 44.2 Å². The summed E-state index contributed by atoms with van der Waals surface area (Å²) in [5.74, 6) is 2.90. The second kappa shape index (κ2) is 14.0. The lowest BCUT2D eigenvalue weighted by Crippen LogP contribution is -1.97. The van der Waals surface area contributed by atoms with Gasteiger partial charge in [0.1, 0.15) is 17.2 Å². The molecule has 0 amide bonds. The van der Waals surface area contributed by atoms with E-state index in [4.69, 9.17) is 9.47 Å². The van der Waals surface area contributed by atoms with Crippen molar-refractivity contribution >= 4 is 0 Å². The Labute approximate surface area is 215 Å². The van der Waals surface area contributed by atoms with Crippen molar-refractivity contribution in [2.24, 2.45) is 0 Å². The van der Waals surface area contributed by atoms with E-state index in [0.717, 1.165) is 34.9 Å². The smallest absolute Gasteiger partial charge is 0.238 e. The van der Waals surface area contributed by atoms with Crippen LogP contribution in [-0.2, 0) is 12.8 Å². The largest absolute Gasteiger partial charge is 0.457 e. The van der Waals surface area contributed by atoms with Gasteiger partial charge in [-0.25, -0.2) is 4.98 Å². The number of nitrogens with zero attached hydrogens (tertiary/aromatic N) is 2. The van der Waals surface area contributed by atoms with Gasteiger partial charge in [-0.05, 0) is 60.4 Å². The molecule has 4 rings (SSSR count). The van der Waals surface area contributed by atoms with Gasteiger partial charge in [0, 0.05) is 12.6 Å². The molecular formula is C32H36N2O2. The van der Waals surface area contributed by atoms with E-state index in [9.17, 15) is 0 Å². The van der Waals surface area contributed by atoms with Crippen molar-refractivity contribution in [3.05, 3.63) is 108 Å². The van der Waals surface area contributed by atoms with Crippen molar-refractivity contribution in [3.8, 4) is 23.1 Å². The molecule has 0 aliphatic carbocycles. The molecule has 0 saturated carbocycles. The number of hydrogen-bond acceptors (Lipinski definition) is 4. The second-order valence-corrected chi connectivity index (χ2v) is 9.21. The van der Waals surface area contributed by atoms with E-state index in [1.54, 1.807) is 12.4 Å². The first-order valence-corrected chi connectivity index (χ1v) is 13.2. The van der Waals surface area contributed by atoms with Crippen LogP contribution in [0.15, 0.2) is 91.3 Å². The lowest BCUT2D eigenvalue weighted by atomic mass is 10.0. The number of para-hydroxylation sites is 1. The van der Waals surface area contributed by atoms with Crippen LogP contribution < -0.4 is 9.47 Å². The minimum atomic E-state index is 0.504. The van der Waals surface area contributed by atoms with Crippen molar-refractivity contribution < 1.29 is 9.47 Å². The van der Waals surface area contributed by atoms with Crippen molar-refractivity contribution in [1.29, 1.82) is 0 Å². The normalized spacial score (nSPS) is 10.8. The van der Waals surface area contributed by atoms with Gasteiger partial charge in [-0.15, -0.1) is 0 Å². The minimum Gasteiger partial charge on any atom is -0.457 e. The molecule has 4 aromatic rings. The summed E-state index contributed by atoms with van der Waals surface area (Å²) in [6.45, 7) is 2.26. The average Bonchev–Trinajstić information content (AvgIpc) is 2.90. The van der Waals surface area contributed by atoms with Crippen LogP contribution in [0, 0.1) is 0 Å². The number of rotatable bonds is 14. The van der Waals surface area contributed by atoms with E-state index in [-0.39, 0.29) is 0 Å². The van der Waals surface area contributed by atoms with Crippen LogP contribution in [0.1, 0.15) is 68.7 Å². The van der Waals surface area contributed by atoms with Gasteiger partial charge in [0.05, 0.1) is 11.9 Å². The Morgan fingerprint density at radius 1 is 0.611 bits per heavy atom. The Kier molecular flexibility index (Phi) is 9.91. The monoisotopic (exact) mass is 480 g/mol. The fourth-order valence-electron chi connectivity index (χ4n) is 4.20. The fraction of sp³-hybridized carbons (Fsp3) is 0.312. The van der Waals surface area contributed by atoms with Gasteiger partial charge in [-0.1, -0.05) is 87.9 Å². The summed E-state index contributed by atoms with van der Waals surface area (Å²) in [5, 5.41) is 0. The Morgan fingerprint density at radius 3 is 2.14 bits per heavy atom. The molecule has 36 heavy (non-hydrogen) atoms. The lowest BCUT2D eigenvalue weighted by molar-refractivity contribution is 0.458. The summed E-state index contributed by atoms with van der Waals surface area (Å²) >= 11 is 0. The molecule has 0 aliphatic rings. The predicted octanol–water partition coefficient (Wildman–Crippen LogP) is 8.95. The first kappa shape index (κ1) is 25.4. The Bertz CT molecular complexity index is 1180. The maximum atomic E-state index is 6.00. The fourth-order valence-corrected chi connectivity index (χ4v) is 4.20. The SMILES string of the molecule is CCCCCCCCCc1ccc(Oc2cncc(Cc3cccc(Oc4ccccc4)c3)n2)cc1. The number of ether oxygens (including phenoxy) is 2. The van der Waals surface area contributed by atoms with Crippen molar-refractivity contribution in [2.45, 2.75) is 64.7 Å². The third-order valence-corrected chi connectivity index (χ3v) is 6.14. The number of unbranched alkanes of at least 4 members (excludes halogenated alkanes) is 6. The Balaban J connectivity index is 1.27. The van der Waals surface area contributed by atoms with Gasteiger partial charge >= 0.3 is 0 Å². The summed E-state index contributed by atoms with van der Waals surface area (Å²) in [6.07, 6.45) is 14.5. The highest BCUT2D eigenvalue weighted by Gasteiger charge is 2.06. The minimum absolute atomic E-state index is 0.504. The highest BCUT2D eigenvalue weighted by Crippen LogP contribution is 2.24. The van der Waals surface area contributed by atoms with Crippen molar-refractivity contribution in [3.63, 3.8) is 0 Å². The molecule has 0 radical (unpaired) electrons. The maximum absolute atomic E-state index is 6.00. The molecule has 0 saturated heterocycles. The standard InChI is InChI=1S/C32H36N2O2/c1-2-3-4-5-6-7-9-13-26-18-20-30(21-19-26)36-32-25-33-24-28(34-32)22-27-14-12-17-31(23-27)35-29-15-10-8-11-16-29/h8,10-12,14-21,23-25H,2-7,9,13,22H2,1H3. The van der Waals surface area contributed by atoms with E-state index in [1.807, 2.05) is 60.7 Å². The lowest BCUT2D eigenvalue weighted by Gasteiger charge is -2.09. The first-order valence-electron chi connectivity index (χ1n) is 13.2. The zero-order valence-corrected chi connectivity index (χ0v) is 21.2. The zero-order valence-electron chi connectivity index (χ0n) is 21.2. The van der Waals surface area contributed by atoms with Crippen LogP contribution in [0.5, 0.6) is 23.1 Å². The van der Waals surface area contributed by atoms with E-state index < -0.39 is 0 Å². The van der Waals surface area contributed by atoms with Crippen LogP contribution in [0.4, 0.5) is 0 Å². The molecule has 0 fully saturated rings. The molecule has 186 valence electrons. The third kappa shape index (κ3) is 8.53. The van der Waals surface area contributed by atoms with Crippen LogP contribution >= 0.6 is 0 Å². The quantitative estimate of drug-likeness (QED) is 0.169. The van der Waals surface area contributed by atoms with Gasteiger partial charge in [0.2, 0.25) is 5.88 Å². The Morgan fingerprint density at radius 2 is 1.33 bits per heavy atom. The molecular weight excluding hydrogens is 444 g/mol. The van der Waals surface area contributed by atoms with Gasteiger partial charge in [0.25, 0.3) is 0 Å². The van der Waals surface area contributed by atoms with Crippen LogP contribution in [-0.4, -0.2) is 9.97 Å². The van der Waals surface area contributed by atoms with E-state index in [0.29, 0.717) is 12.3 Å². The summed E-state index contributed by atoms with van der Waals surface area (Å²) in [7, 11) is 0. The van der Waals surface area contributed by atoms with Gasteiger partial charge in [-0.3, -0.25) is 4.98 Å². The summed E-state index contributed by atoms with van der Waals surface area (Å²) in [5.41, 5.74) is 3.30. The van der Waals surface area contributed by atoms with Crippen LogP contribution in [0.3, 0.4) is 0 Å². The number of hydrogen-bond donors (Lipinski definition) is 0. The summed E-state index contributed by atoms with van der Waals surface area (Å²) in [6, 6.07) is 26.2. The van der Waals surface area contributed by atoms with Crippen LogP contribution in [0.2, 0.25) is 0 Å². The molecule has 0 atom stereocenters. The number of aryl methyl sites for hydroxylation is 1. The first-order chi connectivity index (χ1) is 17.8. The molecule has 4 heteroatoms. The third-order valence-electron chi connectivity index (χ3n) is 6.14. The van der Waals surface area contributed by atoms with Crippen molar-refractivity contribution in [2.75, 3.05) is 0 Å². The molecule has 0 spiro atoms. The number of benzene rings is 3. The van der Waals surface area contributed by atoms with E-state index in [1.165, 1.54) is 50.5 Å². The highest BCUT2D eigenvalue weighted by atomic mass is 16.5. The second-order valence-electron chi connectivity index (χ2n) is 9.21.